The Morgan fingerprint density at radius 1 is 1.26 bits per heavy atom. The molecule has 98 valence electrons. The van der Waals surface area contributed by atoms with Crippen molar-refractivity contribution in [2.75, 3.05) is 7.11 Å². The quantitative estimate of drug-likeness (QED) is 0.796. The number of ether oxygens (including phenoxy) is 1. The van der Waals surface area contributed by atoms with Crippen molar-refractivity contribution >= 4 is 5.78 Å². The molecule has 1 aromatic carbocycles. The summed E-state index contributed by atoms with van der Waals surface area (Å²) in [5.74, 6) is -1.56. The van der Waals surface area contributed by atoms with Gasteiger partial charge in [0.25, 0.3) is 0 Å². The number of carbonyl (C=O) groups is 1. The second-order valence-corrected chi connectivity index (χ2v) is 3.93. The lowest BCUT2D eigenvalue weighted by atomic mass is 10.0. The summed E-state index contributed by atoms with van der Waals surface area (Å²) in [5.41, 5.74) is 0.506. The topological polar surface area (TPSA) is 39.2 Å². The minimum Gasteiger partial charge on any atom is -0.481 e. The lowest BCUT2D eigenvalue weighted by molar-refractivity contribution is 0.0989. The van der Waals surface area contributed by atoms with Crippen molar-refractivity contribution in [1.29, 1.82) is 0 Å². The molecule has 1 aromatic heterocycles. The highest BCUT2D eigenvalue weighted by Gasteiger charge is 2.13. The van der Waals surface area contributed by atoms with Gasteiger partial charge in [-0.3, -0.25) is 4.79 Å². The van der Waals surface area contributed by atoms with Gasteiger partial charge >= 0.3 is 0 Å². The van der Waals surface area contributed by atoms with E-state index in [1.165, 1.54) is 13.3 Å². The van der Waals surface area contributed by atoms with Crippen LogP contribution in [0.5, 0.6) is 5.88 Å². The van der Waals surface area contributed by atoms with Crippen molar-refractivity contribution in [3.8, 4) is 5.88 Å². The van der Waals surface area contributed by atoms with Crippen LogP contribution in [0.3, 0.4) is 0 Å². The molecule has 0 amide bonds. The number of hydrogen-bond donors (Lipinski definition) is 0. The zero-order valence-electron chi connectivity index (χ0n) is 10.2. The molecule has 19 heavy (non-hydrogen) atoms. The number of nitrogens with zero attached hydrogens (tertiary/aromatic N) is 1. The highest BCUT2D eigenvalue weighted by Crippen LogP contribution is 2.14. The molecular formula is C14H11F2NO2. The first kappa shape index (κ1) is 13.1. The molecule has 5 heteroatoms. The van der Waals surface area contributed by atoms with E-state index in [0.717, 1.165) is 12.1 Å². The van der Waals surface area contributed by atoms with Gasteiger partial charge in [-0.25, -0.2) is 13.8 Å². The molecule has 0 spiro atoms. The van der Waals surface area contributed by atoms with Gasteiger partial charge in [0.1, 0.15) is 11.6 Å². The molecule has 0 aliphatic heterocycles. The number of Topliss-reactive ketones (excluding diaryl/α,β-unsaturated/α-hetero) is 1. The SMILES string of the molecule is COc1ccc(CC(=O)c2ccc(F)cc2F)cn1. The second kappa shape index (κ2) is 5.56. The largest absolute Gasteiger partial charge is 0.481 e. The van der Waals surface area contributed by atoms with Gasteiger partial charge in [0.2, 0.25) is 5.88 Å². The Morgan fingerprint density at radius 2 is 2.05 bits per heavy atom. The van der Waals surface area contributed by atoms with Gasteiger partial charge in [0, 0.05) is 24.8 Å². The standard InChI is InChI=1S/C14H11F2NO2/c1-19-14-5-2-9(8-17-14)6-13(18)11-4-3-10(15)7-12(11)16/h2-5,7-8H,6H2,1H3. The number of pyridine rings is 1. The Morgan fingerprint density at radius 3 is 2.63 bits per heavy atom. The minimum atomic E-state index is -0.855. The van der Waals surface area contributed by atoms with E-state index in [0.29, 0.717) is 17.5 Å². The van der Waals surface area contributed by atoms with Crippen LogP contribution in [0, 0.1) is 11.6 Å². The van der Waals surface area contributed by atoms with E-state index in [9.17, 15) is 13.6 Å². The van der Waals surface area contributed by atoms with Gasteiger partial charge in [0.15, 0.2) is 5.78 Å². The van der Waals surface area contributed by atoms with Crippen molar-refractivity contribution < 1.29 is 18.3 Å². The molecule has 0 saturated heterocycles. The number of benzene rings is 1. The Balaban J connectivity index is 2.15. The van der Waals surface area contributed by atoms with Gasteiger partial charge in [0.05, 0.1) is 12.7 Å². The first-order chi connectivity index (χ1) is 9.10. The molecule has 3 nitrogen and oxygen atoms in total. The van der Waals surface area contributed by atoms with Crippen LogP contribution in [0.15, 0.2) is 36.5 Å². The number of methoxy groups -OCH3 is 1. The smallest absolute Gasteiger partial charge is 0.212 e. The summed E-state index contributed by atoms with van der Waals surface area (Å²) in [4.78, 5) is 15.8. The fraction of sp³-hybridized carbons (Fsp3) is 0.143. The van der Waals surface area contributed by atoms with Crippen LogP contribution in [-0.2, 0) is 6.42 Å². The molecule has 0 aliphatic carbocycles. The molecule has 0 bridgehead atoms. The van der Waals surface area contributed by atoms with Gasteiger partial charge in [-0.1, -0.05) is 6.07 Å². The third kappa shape index (κ3) is 3.13. The molecule has 0 saturated carbocycles. The van der Waals surface area contributed by atoms with Gasteiger partial charge < -0.3 is 4.74 Å². The van der Waals surface area contributed by atoms with Crippen LogP contribution >= 0.6 is 0 Å². The molecule has 0 fully saturated rings. The van der Waals surface area contributed by atoms with Crippen LogP contribution < -0.4 is 4.74 Å². The molecule has 1 heterocycles. The van der Waals surface area contributed by atoms with Crippen molar-refractivity contribution in [3.05, 3.63) is 59.3 Å². The minimum absolute atomic E-state index is 0.000450. The van der Waals surface area contributed by atoms with E-state index in [-0.39, 0.29) is 12.0 Å². The zero-order valence-corrected chi connectivity index (χ0v) is 10.2. The van der Waals surface area contributed by atoms with Crippen LogP contribution in [0.4, 0.5) is 8.78 Å². The average Bonchev–Trinajstić information content (AvgIpc) is 2.39. The zero-order chi connectivity index (χ0) is 13.8. The fourth-order valence-corrected chi connectivity index (χ4v) is 1.63. The van der Waals surface area contributed by atoms with E-state index in [1.807, 2.05) is 0 Å². The lowest BCUT2D eigenvalue weighted by Gasteiger charge is -2.04. The van der Waals surface area contributed by atoms with Gasteiger partial charge in [-0.05, 0) is 17.7 Å². The summed E-state index contributed by atoms with van der Waals surface area (Å²) in [6.45, 7) is 0. The average molecular weight is 263 g/mol. The molecular weight excluding hydrogens is 252 g/mol. The third-order valence-electron chi connectivity index (χ3n) is 2.60. The number of aromatic nitrogens is 1. The van der Waals surface area contributed by atoms with Crippen molar-refractivity contribution in [2.45, 2.75) is 6.42 Å². The normalized spacial score (nSPS) is 10.3. The van der Waals surface area contributed by atoms with Gasteiger partial charge in [-0.15, -0.1) is 0 Å². The molecule has 0 N–H and O–H groups in total. The summed E-state index contributed by atoms with van der Waals surface area (Å²) < 4.78 is 31.1. The highest BCUT2D eigenvalue weighted by atomic mass is 19.1. The number of halogens is 2. The maximum Gasteiger partial charge on any atom is 0.212 e. The van der Waals surface area contributed by atoms with Crippen LogP contribution in [0.25, 0.3) is 0 Å². The van der Waals surface area contributed by atoms with E-state index >= 15 is 0 Å². The highest BCUT2D eigenvalue weighted by molar-refractivity contribution is 5.97. The molecule has 2 rings (SSSR count). The van der Waals surface area contributed by atoms with Crippen LogP contribution in [-0.4, -0.2) is 17.9 Å². The second-order valence-electron chi connectivity index (χ2n) is 3.93. The van der Waals surface area contributed by atoms with E-state index < -0.39 is 17.4 Å². The maximum absolute atomic E-state index is 13.4. The van der Waals surface area contributed by atoms with Crippen molar-refractivity contribution in [3.63, 3.8) is 0 Å². The molecule has 0 atom stereocenters. The van der Waals surface area contributed by atoms with Crippen LogP contribution in [0.1, 0.15) is 15.9 Å². The van der Waals surface area contributed by atoms with Crippen molar-refractivity contribution in [2.24, 2.45) is 0 Å². The summed E-state index contributed by atoms with van der Waals surface area (Å²) in [5, 5.41) is 0. The molecule has 2 aromatic rings. The molecule has 0 radical (unpaired) electrons. The van der Waals surface area contributed by atoms with Gasteiger partial charge in [-0.2, -0.15) is 0 Å². The van der Waals surface area contributed by atoms with E-state index in [4.69, 9.17) is 4.74 Å². The number of carbonyl (C=O) groups excluding carboxylic acids is 1. The molecule has 0 unspecified atom stereocenters. The predicted molar refractivity (Wildman–Crippen MR) is 65.2 cm³/mol. The Labute approximate surface area is 108 Å². The fourth-order valence-electron chi connectivity index (χ4n) is 1.63. The Kier molecular flexibility index (Phi) is 3.85. The third-order valence-corrected chi connectivity index (χ3v) is 2.60. The lowest BCUT2D eigenvalue weighted by Crippen LogP contribution is -2.06. The maximum atomic E-state index is 13.4. The van der Waals surface area contributed by atoms with Crippen molar-refractivity contribution in [1.82, 2.24) is 4.98 Å². The summed E-state index contributed by atoms with van der Waals surface area (Å²) in [6.07, 6.45) is 1.48. The summed E-state index contributed by atoms with van der Waals surface area (Å²) in [6, 6.07) is 6.18. The van der Waals surface area contributed by atoms with E-state index in [1.54, 1.807) is 12.1 Å². The Bertz CT molecular complexity index is 597. The number of ketones is 1. The number of hydrogen-bond acceptors (Lipinski definition) is 3. The first-order valence-electron chi connectivity index (χ1n) is 5.57. The van der Waals surface area contributed by atoms with E-state index in [2.05, 4.69) is 4.98 Å². The Hall–Kier alpha value is -2.30. The van der Waals surface area contributed by atoms with Crippen LogP contribution in [0.2, 0.25) is 0 Å². The molecule has 0 aliphatic rings. The number of rotatable bonds is 4. The first-order valence-corrected chi connectivity index (χ1v) is 5.57. The summed E-state index contributed by atoms with van der Waals surface area (Å²) in [7, 11) is 1.49. The monoisotopic (exact) mass is 263 g/mol. The summed E-state index contributed by atoms with van der Waals surface area (Å²) >= 11 is 0. The predicted octanol–water partition coefficient (Wildman–Crippen LogP) is 2.79.